The van der Waals surface area contributed by atoms with Crippen molar-refractivity contribution in [1.82, 2.24) is 0 Å². The van der Waals surface area contributed by atoms with E-state index in [0.717, 1.165) is 18.6 Å². The van der Waals surface area contributed by atoms with Crippen LogP contribution in [0, 0.1) is 5.92 Å². The van der Waals surface area contributed by atoms with Crippen molar-refractivity contribution >= 4 is 5.71 Å². The van der Waals surface area contributed by atoms with Crippen molar-refractivity contribution in [3.8, 4) is 0 Å². The van der Waals surface area contributed by atoms with Gasteiger partial charge in [0.1, 0.15) is 6.61 Å². The third kappa shape index (κ3) is 1.93. The fraction of sp³-hybridized carbons (Fsp3) is 0.333. The number of nitrogens with zero attached hydrogens (tertiary/aromatic N) is 1. The molecule has 1 heterocycles. The zero-order valence-corrected chi connectivity index (χ0v) is 6.55. The van der Waals surface area contributed by atoms with E-state index in [4.69, 9.17) is 4.84 Å². The van der Waals surface area contributed by atoms with Crippen LogP contribution in [0.25, 0.3) is 0 Å². The zero-order chi connectivity index (χ0) is 8.10. The molecule has 1 radical (unpaired) electrons. The van der Waals surface area contributed by atoms with Crippen molar-refractivity contribution in [2.24, 2.45) is 5.16 Å². The van der Waals surface area contributed by atoms with Gasteiger partial charge in [-0.1, -0.05) is 17.3 Å². The smallest absolute Gasteiger partial charge is 0.129 e. The summed E-state index contributed by atoms with van der Waals surface area (Å²) in [4.78, 5) is 4.93. The van der Waals surface area contributed by atoms with Crippen LogP contribution < -0.4 is 0 Å². The Morgan fingerprint density at radius 1 is 1.36 bits per heavy atom. The maximum atomic E-state index is 4.93. The number of hydrogen-bond acceptors (Lipinski definition) is 2. The minimum absolute atomic E-state index is 0.620. The molecule has 1 rings (SSSR count). The Hall–Kier alpha value is -1.05. The van der Waals surface area contributed by atoms with Gasteiger partial charge in [-0.2, -0.15) is 0 Å². The SMILES string of the molecule is C=CC[C]1CON=C1CC=C. The van der Waals surface area contributed by atoms with Gasteiger partial charge in [0.2, 0.25) is 0 Å². The van der Waals surface area contributed by atoms with Crippen LogP contribution in [0.15, 0.2) is 30.5 Å². The van der Waals surface area contributed by atoms with E-state index in [1.54, 1.807) is 0 Å². The predicted molar refractivity (Wildman–Crippen MR) is 46.3 cm³/mol. The van der Waals surface area contributed by atoms with Crippen molar-refractivity contribution in [3.05, 3.63) is 31.2 Å². The maximum absolute atomic E-state index is 4.93. The van der Waals surface area contributed by atoms with Crippen LogP contribution in [-0.2, 0) is 4.84 Å². The molecule has 0 amide bonds. The third-order valence-electron chi connectivity index (χ3n) is 1.55. The van der Waals surface area contributed by atoms with Gasteiger partial charge in [0, 0.05) is 6.42 Å². The molecule has 2 heteroatoms. The van der Waals surface area contributed by atoms with Gasteiger partial charge in [0.15, 0.2) is 0 Å². The summed E-state index contributed by atoms with van der Waals surface area (Å²) in [6.07, 6.45) is 5.36. The topological polar surface area (TPSA) is 21.6 Å². The summed E-state index contributed by atoms with van der Waals surface area (Å²) in [6, 6.07) is 0. The summed E-state index contributed by atoms with van der Waals surface area (Å²) in [5.41, 5.74) is 1.01. The van der Waals surface area contributed by atoms with Crippen LogP contribution in [0.5, 0.6) is 0 Å². The zero-order valence-electron chi connectivity index (χ0n) is 6.55. The minimum atomic E-state index is 0.620. The van der Waals surface area contributed by atoms with Crippen molar-refractivity contribution in [3.63, 3.8) is 0 Å². The van der Waals surface area contributed by atoms with E-state index in [1.165, 1.54) is 5.92 Å². The van der Waals surface area contributed by atoms with Crippen molar-refractivity contribution in [1.29, 1.82) is 0 Å². The first kappa shape index (κ1) is 8.05. The van der Waals surface area contributed by atoms with Crippen LogP contribution in [0.3, 0.4) is 0 Å². The average Bonchev–Trinajstić information content (AvgIpc) is 2.39. The molecule has 0 unspecified atom stereocenters. The van der Waals surface area contributed by atoms with E-state index < -0.39 is 0 Å². The summed E-state index contributed by atoms with van der Waals surface area (Å²) in [6.45, 7) is 7.92. The van der Waals surface area contributed by atoms with Gasteiger partial charge in [0.05, 0.1) is 11.6 Å². The normalized spacial score (nSPS) is 17.3. The Morgan fingerprint density at radius 3 is 2.73 bits per heavy atom. The van der Waals surface area contributed by atoms with Crippen LogP contribution in [-0.4, -0.2) is 12.3 Å². The largest absolute Gasteiger partial charge is 0.395 e. The minimum Gasteiger partial charge on any atom is -0.395 e. The molecule has 0 aromatic rings. The van der Waals surface area contributed by atoms with E-state index >= 15 is 0 Å². The number of allylic oxidation sites excluding steroid dienone is 2. The Morgan fingerprint density at radius 2 is 2.09 bits per heavy atom. The molecule has 0 aromatic carbocycles. The highest BCUT2D eigenvalue weighted by atomic mass is 16.6. The quantitative estimate of drug-likeness (QED) is 0.562. The summed E-state index contributed by atoms with van der Waals surface area (Å²) in [5.74, 6) is 1.22. The summed E-state index contributed by atoms with van der Waals surface area (Å²) in [5, 5.41) is 3.89. The van der Waals surface area contributed by atoms with Crippen molar-refractivity contribution in [2.75, 3.05) is 6.61 Å². The molecule has 0 fully saturated rings. The molecule has 11 heavy (non-hydrogen) atoms. The lowest BCUT2D eigenvalue weighted by Gasteiger charge is -2.02. The van der Waals surface area contributed by atoms with Crippen LogP contribution in [0.1, 0.15) is 12.8 Å². The molecular formula is C9H12NO. The Kier molecular flexibility index (Phi) is 2.90. The molecular weight excluding hydrogens is 138 g/mol. The second-order valence-electron chi connectivity index (χ2n) is 2.40. The molecule has 0 saturated carbocycles. The Bertz CT molecular complexity index is 184. The lowest BCUT2D eigenvalue weighted by Crippen LogP contribution is -2.08. The Balaban J connectivity index is 2.47. The molecule has 0 aromatic heterocycles. The predicted octanol–water partition coefficient (Wildman–Crippen LogP) is 2.10. The first-order chi connectivity index (χ1) is 5.38. The van der Waals surface area contributed by atoms with Crippen LogP contribution in [0.4, 0.5) is 0 Å². The molecule has 0 saturated heterocycles. The van der Waals surface area contributed by atoms with Gasteiger partial charge in [-0.25, -0.2) is 0 Å². The molecule has 0 spiro atoms. The van der Waals surface area contributed by atoms with Crippen LogP contribution in [0.2, 0.25) is 0 Å². The fourth-order valence-corrected chi connectivity index (χ4v) is 1.01. The second-order valence-corrected chi connectivity index (χ2v) is 2.40. The summed E-state index contributed by atoms with van der Waals surface area (Å²) >= 11 is 0. The summed E-state index contributed by atoms with van der Waals surface area (Å²) < 4.78 is 0. The highest BCUT2D eigenvalue weighted by Gasteiger charge is 2.20. The summed E-state index contributed by atoms with van der Waals surface area (Å²) in [7, 11) is 0. The van der Waals surface area contributed by atoms with E-state index in [9.17, 15) is 0 Å². The first-order valence-corrected chi connectivity index (χ1v) is 3.64. The van der Waals surface area contributed by atoms with Gasteiger partial charge in [-0.05, 0) is 6.42 Å². The fourth-order valence-electron chi connectivity index (χ4n) is 1.01. The van der Waals surface area contributed by atoms with E-state index in [0.29, 0.717) is 6.61 Å². The number of rotatable bonds is 4. The number of oxime groups is 1. The standard InChI is InChI=1S/C9H12NO/c1-3-5-8-7-11-10-9(8)6-4-2/h3-4H,1-2,5-7H2. The van der Waals surface area contributed by atoms with Gasteiger partial charge < -0.3 is 4.84 Å². The monoisotopic (exact) mass is 150 g/mol. The molecule has 2 nitrogen and oxygen atoms in total. The lowest BCUT2D eigenvalue weighted by molar-refractivity contribution is 0.178. The van der Waals surface area contributed by atoms with Gasteiger partial charge in [-0.15, -0.1) is 13.2 Å². The van der Waals surface area contributed by atoms with Crippen molar-refractivity contribution < 1.29 is 4.84 Å². The molecule has 1 aliphatic rings. The lowest BCUT2D eigenvalue weighted by atomic mass is 9.99. The van der Waals surface area contributed by atoms with E-state index in [1.807, 2.05) is 12.2 Å². The highest BCUT2D eigenvalue weighted by Crippen LogP contribution is 2.18. The molecule has 1 aliphatic heterocycles. The molecule has 0 bridgehead atoms. The molecule has 0 atom stereocenters. The molecule has 59 valence electrons. The number of hydrogen-bond donors (Lipinski definition) is 0. The van der Waals surface area contributed by atoms with Crippen molar-refractivity contribution in [2.45, 2.75) is 12.8 Å². The van der Waals surface area contributed by atoms with E-state index in [-0.39, 0.29) is 0 Å². The van der Waals surface area contributed by atoms with Crippen LogP contribution >= 0.6 is 0 Å². The van der Waals surface area contributed by atoms with Gasteiger partial charge >= 0.3 is 0 Å². The Labute approximate surface area is 67.2 Å². The van der Waals surface area contributed by atoms with Gasteiger partial charge in [0.25, 0.3) is 0 Å². The maximum Gasteiger partial charge on any atom is 0.129 e. The van der Waals surface area contributed by atoms with E-state index in [2.05, 4.69) is 18.3 Å². The third-order valence-corrected chi connectivity index (χ3v) is 1.55. The highest BCUT2D eigenvalue weighted by molar-refractivity contribution is 5.98. The first-order valence-electron chi connectivity index (χ1n) is 3.64. The average molecular weight is 150 g/mol. The molecule has 0 N–H and O–H groups in total. The second kappa shape index (κ2) is 3.96. The van der Waals surface area contributed by atoms with Gasteiger partial charge in [-0.3, -0.25) is 0 Å². The molecule has 0 aliphatic carbocycles.